The summed E-state index contributed by atoms with van der Waals surface area (Å²) in [7, 11) is 0. The van der Waals surface area contributed by atoms with Crippen molar-refractivity contribution in [3.63, 3.8) is 0 Å². The monoisotopic (exact) mass is 358 g/mol. The Morgan fingerprint density at radius 3 is 2.00 bits per heavy atom. The second-order valence-electron chi connectivity index (χ2n) is 7.00. The first kappa shape index (κ1) is 19.3. The van der Waals surface area contributed by atoms with Gasteiger partial charge in [-0.05, 0) is 58.9 Å². The Hall–Kier alpha value is -2.45. The molecule has 1 heterocycles. The molecule has 0 atom stereocenters. The highest BCUT2D eigenvalue weighted by atomic mass is 14.8. The number of hydrogen-bond acceptors (Lipinski definition) is 2. The summed E-state index contributed by atoms with van der Waals surface area (Å²) in [5, 5.41) is 11.1. The van der Waals surface area contributed by atoms with Gasteiger partial charge in [-0.25, -0.2) is 0 Å². The van der Waals surface area contributed by atoms with Crippen molar-refractivity contribution < 1.29 is 0 Å². The highest BCUT2D eigenvalue weighted by Gasteiger charge is 2.03. The first-order valence-electron chi connectivity index (χ1n) is 10.2. The molecule has 2 heteroatoms. The first-order chi connectivity index (χ1) is 13.3. The maximum atomic E-state index is 4.18. The third-order valence-electron chi connectivity index (χ3n) is 4.96. The van der Waals surface area contributed by atoms with Crippen molar-refractivity contribution in [3.05, 3.63) is 67.0 Å². The molecule has 0 radical (unpaired) electrons. The molecule has 0 bridgehead atoms. The van der Waals surface area contributed by atoms with Gasteiger partial charge in [0.1, 0.15) is 0 Å². The summed E-state index contributed by atoms with van der Waals surface area (Å²) >= 11 is 0. The Morgan fingerprint density at radius 1 is 0.667 bits per heavy atom. The van der Waals surface area contributed by atoms with E-state index < -0.39 is 0 Å². The number of nitrogens with zero attached hydrogens (tertiary/aromatic N) is 1. The van der Waals surface area contributed by atoms with Gasteiger partial charge in [0.25, 0.3) is 0 Å². The molecule has 2 nitrogen and oxygen atoms in total. The lowest BCUT2D eigenvalue weighted by molar-refractivity contribution is 0.611. The lowest BCUT2D eigenvalue weighted by Gasteiger charge is -2.06. The molecule has 3 aromatic carbocycles. The van der Waals surface area contributed by atoms with Gasteiger partial charge in [0.05, 0.1) is 0 Å². The van der Waals surface area contributed by atoms with Crippen LogP contribution < -0.4 is 5.32 Å². The zero-order valence-corrected chi connectivity index (χ0v) is 16.5. The maximum absolute atomic E-state index is 4.18. The molecular formula is C25H30N2. The van der Waals surface area contributed by atoms with E-state index in [2.05, 4.69) is 78.7 Å². The fraction of sp³-hybridized carbons (Fsp3) is 0.320. The van der Waals surface area contributed by atoms with Crippen molar-refractivity contribution in [2.24, 2.45) is 0 Å². The van der Waals surface area contributed by atoms with Crippen LogP contribution in [0, 0.1) is 0 Å². The van der Waals surface area contributed by atoms with Gasteiger partial charge in [-0.15, -0.1) is 0 Å². The first-order valence-corrected chi connectivity index (χ1v) is 10.2. The van der Waals surface area contributed by atoms with Crippen LogP contribution in [0.15, 0.2) is 67.0 Å². The van der Waals surface area contributed by atoms with E-state index in [0.717, 1.165) is 0 Å². The predicted octanol–water partition coefficient (Wildman–Crippen LogP) is 6.72. The Kier molecular flexibility index (Phi) is 7.18. The highest BCUT2D eigenvalue weighted by molar-refractivity contribution is 6.16. The van der Waals surface area contributed by atoms with Gasteiger partial charge in [0.15, 0.2) is 0 Å². The van der Waals surface area contributed by atoms with Crippen molar-refractivity contribution in [2.75, 3.05) is 13.1 Å². The number of pyridine rings is 1. The molecule has 0 aliphatic rings. The van der Waals surface area contributed by atoms with Gasteiger partial charge in [0, 0.05) is 17.8 Å². The lowest BCUT2D eigenvalue weighted by atomic mass is 9.98. The third-order valence-corrected chi connectivity index (χ3v) is 4.96. The van der Waals surface area contributed by atoms with Crippen molar-refractivity contribution in [1.82, 2.24) is 10.3 Å². The minimum atomic E-state index is 1.19. The summed E-state index contributed by atoms with van der Waals surface area (Å²) in [6, 6.07) is 19.4. The van der Waals surface area contributed by atoms with Gasteiger partial charge in [-0.1, -0.05) is 75.2 Å². The standard InChI is InChI=1S/C17H11N.C8H19N/c1-2-4-14-12(3-1)5-7-17-15-9-10-18-11-13(15)6-8-16(14)17;1-3-5-7-9-8-6-4-2/h1-11H;9H,3-8H2,1-2H3. The van der Waals surface area contributed by atoms with Crippen molar-refractivity contribution in [1.29, 1.82) is 0 Å². The van der Waals surface area contributed by atoms with Gasteiger partial charge < -0.3 is 5.32 Å². The van der Waals surface area contributed by atoms with Crippen molar-refractivity contribution >= 4 is 32.3 Å². The van der Waals surface area contributed by atoms with E-state index in [-0.39, 0.29) is 0 Å². The van der Waals surface area contributed by atoms with Crippen LogP contribution in [0.4, 0.5) is 0 Å². The molecule has 4 rings (SSSR count). The van der Waals surface area contributed by atoms with Crippen LogP contribution in [-0.2, 0) is 0 Å². The van der Waals surface area contributed by atoms with Crippen LogP contribution in [-0.4, -0.2) is 18.1 Å². The molecule has 4 aromatic rings. The summed E-state index contributed by atoms with van der Waals surface area (Å²) < 4.78 is 0. The third kappa shape index (κ3) is 4.84. The molecule has 1 aromatic heterocycles. The SMILES string of the molecule is CCCCNCCCC.c1ccc2c(c1)ccc1c3ccncc3ccc21. The zero-order valence-electron chi connectivity index (χ0n) is 16.5. The number of benzene rings is 3. The van der Waals surface area contributed by atoms with Crippen LogP contribution in [0.25, 0.3) is 32.3 Å². The Bertz CT molecular complexity index is 910. The van der Waals surface area contributed by atoms with Crippen LogP contribution in [0.5, 0.6) is 0 Å². The van der Waals surface area contributed by atoms with E-state index in [1.165, 1.54) is 71.1 Å². The minimum Gasteiger partial charge on any atom is -0.317 e. The fourth-order valence-corrected chi connectivity index (χ4v) is 3.40. The summed E-state index contributed by atoms with van der Waals surface area (Å²) in [5.41, 5.74) is 0. The smallest absolute Gasteiger partial charge is 0.0346 e. The number of unbranched alkanes of at least 4 members (excludes halogenated alkanes) is 2. The molecular weight excluding hydrogens is 328 g/mol. The van der Waals surface area contributed by atoms with Crippen LogP contribution in [0.2, 0.25) is 0 Å². The van der Waals surface area contributed by atoms with Gasteiger partial charge in [-0.3, -0.25) is 4.98 Å². The molecule has 0 saturated heterocycles. The quantitative estimate of drug-likeness (QED) is 0.306. The lowest BCUT2D eigenvalue weighted by Crippen LogP contribution is -2.15. The molecule has 0 aliphatic carbocycles. The molecule has 0 unspecified atom stereocenters. The van der Waals surface area contributed by atoms with E-state index >= 15 is 0 Å². The number of rotatable bonds is 6. The van der Waals surface area contributed by atoms with E-state index in [4.69, 9.17) is 0 Å². The molecule has 0 spiro atoms. The largest absolute Gasteiger partial charge is 0.317 e. The Labute approximate surface area is 162 Å². The number of fused-ring (bicyclic) bond motifs is 5. The molecule has 140 valence electrons. The van der Waals surface area contributed by atoms with Gasteiger partial charge in [0.2, 0.25) is 0 Å². The minimum absolute atomic E-state index is 1.19. The molecule has 0 saturated carbocycles. The zero-order chi connectivity index (χ0) is 18.9. The Morgan fingerprint density at radius 2 is 1.30 bits per heavy atom. The van der Waals surface area contributed by atoms with Gasteiger partial charge >= 0.3 is 0 Å². The second kappa shape index (κ2) is 10.0. The summed E-state index contributed by atoms with van der Waals surface area (Å²) in [6.07, 6.45) is 9.03. The summed E-state index contributed by atoms with van der Waals surface area (Å²) in [6.45, 7) is 6.86. The van der Waals surface area contributed by atoms with Crippen LogP contribution >= 0.6 is 0 Å². The van der Waals surface area contributed by atoms with E-state index in [0.29, 0.717) is 0 Å². The normalized spacial score (nSPS) is 10.9. The predicted molar refractivity (Wildman–Crippen MR) is 119 cm³/mol. The Balaban J connectivity index is 0.000000201. The van der Waals surface area contributed by atoms with Crippen LogP contribution in [0.3, 0.4) is 0 Å². The second-order valence-corrected chi connectivity index (χ2v) is 7.00. The average Bonchev–Trinajstić information content (AvgIpc) is 2.74. The van der Waals surface area contributed by atoms with E-state index in [1.54, 1.807) is 0 Å². The number of aromatic nitrogens is 1. The van der Waals surface area contributed by atoms with Crippen molar-refractivity contribution in [2.45, 2.75) is 39.5 Å². The maximum Gasteiger partial charge on any atom is 0.0346 e. The molecule has 0 amide bonds. The topological polar surface area (TPSA) is 24.9 Å². The van der Waals surface area contributed by atoms with E-state index in [9.17, 15) is 0 Å². The number of hydrogen-bond donors (Lipinski definition) is 1. The van der Waals surface area contributed by atoms with Gasteiger partial charge in [-0.2, -0.15) is 0 Å². The summed E-state index contributed by atoms with van der Waals surface area (Å²) in [5.74, 6) is 0. The van der Waals surface area contributed by atoms with Crippen LogP contribution in [0.1, 0.15) is 39.5 Å². The number of nitrogens with one attached hydrogen (secondary N) is 1. The molecule has 27 heavy (non-hydrogen) atoms. The summed E-state index contributed by atoms with van der Waals surface area (Å²) in [4.78, 5) is 4.18. The van der Waals surface area contributed by atoms with E-state index in [1.807, 2.05) is 12.4 Å². The molecule has 1 N–H and O–H groups in total. The highest BCUT2D eigenvalue weighted by Crippen LogP contribution is 2.30. The fourth-order valence-electron chi connectivity index (χ4n) is 3.40. The average molecular weight is 359 g/mol. The van der Waals surface area contributed by atoms with Crippen molar-refractivity contribution in [3.8, 4) is 0 Å². The molecule has 0 fully saturated rings. The molecule has 0 aliphatic heterocycles.